The average Bonchev–Trinajstić information content (AvgIpc) is 3.69. The molecule has 0 N–H and O–H groups in total. The fourth-order valence-electron chi connectivity index (χ4n) is 12.5. The fourth-order valence-corrected chi connectivity index (χ4v) is 12.5. The third-order valence-electron chi connectivity index (χ3n) is 17.2. The highest BCUT2D eigenvalue weighted by atomic mass is 35.5. The molecule has 8 heteroatoms. The maximum absolute atomic E-state index is 5.03. The highest BCUT2D eigenvalue weighted by molar-refractivity contribution is 5.87. The molecule has 4 heterocycles. The Labute approximate surface area is 500 Å². The molecule has 2 unspecified atom stereocenters. The van der Waals surface area contributed by atoms with Gasteiger partial charge < -0.3 is 0 Å². The van der Waals surface area contributed by atoms with Crippen LogP contribution in [0.25, 0.3) is 44.3 Å². The first-order chi connectivity index (χ1) is 39.5. The van der Waals surface area contributed by atoms with E-state index in [-0.39, 0.29) is 24.8 Å². The Balaban J connectivity index is 0.000000193. The van der Waals surface area contributed by atoms with Gasteiger partial charge in [0.15, 0.2) is 0 Å². The minimum absolute atomic E-state index is 0. The maximum atomic E-state index is 5.03. The van der Waals surface area contributed by atoms with Gasteiger partial charge in [-0.15, -0.1) is 24.8 Å². The van der Waals surface area contributed by atoms with Crippen molar-refractivity contribution < 1.29 is 0 Å². The summed E-state index contributed by atoms with van der Waals surface area (Å²) in [6.07, 6.45) is 6.97. The van der Waals surface area contributed by atoms with Crippen LogP contribution >= 0.6 is 24.8 Å². The number of halogens is 2. The fraction of sp³-hybridized carbons (Fsp3) is 0.270. The van der Waals surface area contributed by atoms with E-state index >= 15 is 0 Å². The van der Waals surface area contributed by atoms with Crippen molar-refractivity contribution in [3.63, 3.8) is 0 Å². The standard InChI is InChI=1S/2C37H39N3.2ClH/c2*1-29(35-27-37(32-17-9-4-10-18-32)38-36-20-12-11-19-34(35)36)39-25-22-33(23-26-39)40(28-31-15-7-3-8-16-31)24-21-30-13-5-2-6-14-30;;/h2*2-20,27,29,33H,21-26,28H2,1H3;2*1H. The molecule has 2 atom stereocenters. The van der Waals surface area contributed by atoms with Gasteiger partial charge in [0.1, 0.15) is 0 Å². The van der Waals surface area contributed by atoms with Gasteiger partial charge in [-0.2, -0.15) is 0 Å². The molecule has 0 saturated carbocycles. The van der Waals surface area contributed by atoms with Crippen LogP contribution in [0.4, 0.5) is 0 Å². The average molecular weight is 1120 g/mol. The highest BCUT2D eigenvalue weighted by Gasteiger charge is 2.30. The summed E-state index contributed by atoms with van der Waals surface area (Å²) < 4.78 is 0. The number of benzene rings is 8. The van der Waals surface area contributed by atoms with Gasteiger partial charge in [-0.3, -0.25) is 19.6 Å². The predicted molar refractivity (Wildman–Crippen MR) is 349 cm³/mol. The zero-order chi connectivity index (χ0) is 54.3. The minimum Gasteiger partial charge on any atom is -0.296 e. The lowest BCUT2D eigenvalue weighted by atomic mass is 9.95. The van der Waals surface area contributed by atoms with E-state index in [2.05, 4.69) is 276 Å². The maximum Gasteiger partial charge on any atom is 0.0713 e. The van der Waals surface area contributed by atoms with Crippen molar-refractivity contribution in [3.05, 3.63) is 276 Å². The van der Waals surface area contributed by atoms with Gasteiger partial charge in [0.05, 0.1) is 22.4 Å². The van der Waals surface area contributed by atoms with E-state index in [4.69, 9.17) is 9.97 Å². The minimum atomic E-state index is 0. The second-order valence-electron chi connectivity index (χ2n) is 22.2. The van der Waals surface area contributed by atoms with Gasteiger partial charge in [-0.05, 0) is 110 Å². The van der Waals surface area contributed by atoms with E-state index < -0.39 is 0 Å². The zero-order valence-corrected chi connectivity index (χ0v) is 49.4. The van der Waals surface area contributed by atoms with Gasteiger partial charge in [-0.25, -0.2) is 9.97 Å². The third kappa shape index (κ3) is 15.4. The smallest absolute Gasteiger partial charge is 0.0713 e. The van der Waals surface area contributed by atoms with Crippen molar-refractivity contribution in [2.24, 2.45) is 0 Å². The Kier molecular flexibility index (Phi) is 21.7. The number of aromatic nitrogens is 2. The van der Waals surface area contributed by atoms with Crippen LogP contribution in [-0.4, -0.2) is 80.9 Å². The van der Waals surface area contributed by atoms with Crippen molar-refractivity contribution in [2.45, 2.75) is 89.6 Å². The summed E-state index contributed by atoms with van der Waals surface area (Å²) >= 11 is 0. The van der Waals surface area contributed by atoms with E-state index in [0.717, 1.165) is 87.6 Å². The molecule has 2 aliphatic rings. The molecular formula is C74H80Cl2N6. The molecule has 6 nitrogen and oxygen atoms in total. The first-order valence-electron chi connectivity index (χ1n) is 29.5. The Bertz CT molecular complexity index is 3230. The van der Waals surface area contributed by atoms with Crippen molar-refractivity contribution in [3.8, 4) is 22.5 Å². The SMILES string of the molecule is CC(c1cc(-c2ccccc2)nc2ccccc12)N1CCC(N(CCc2ccccc2)Cc2ccccc2)CC1.CC(c1cc(-c2ccccc2)nc2ccccc12)N1CCC(N(CCc2ccccc2)Cc2ccccc2)CC1.Cl.Cl. The van der Waals surface area contributed by atoms with Gasteiger partial charge in [-0.1, -0.05) is 218 Å². The topological polar surface area (TPSA) is 38.7 Å². The number of pyridine rings is 2. The van der Waals surface area contributed by atoms with Gasteiger partial charge in [0.2, 0.25) is 0 Å². The molecule has 2 fully saturated rings. The van der Waals surface area contributed by atoms with E-state index in [1.54, 1.807) is 0 Å². The lowest BCUT2D eigenvalue weighted by Gasteiger charge is -2.41. The van der Waals surface area contributed by atoms with Crippen molar-refractivity contribution >= 4 is 46.6 Å². The van der Waals surface area contributed by atoms with Gasteiger partial charge in [0, 0.05) is 98.4 Å². The largest absolute Gasteiger partial charge is 0.296 e. The van der Waals surface area contributed by atoms with Crippen LogP contribution in [0.1, 0.15) is 85.0 Å². The Hall–Kier alpha value is -7.00. The summed E-state index contributed by atoms with van der Waals surface area (Å²) in [6.45, 7) is 13.4. The molecule has 420 valence electrons. The van der Waals surface area contributed by atoms with Crippen LogP contribution in [0.15, 0.2) is 243 Å². The summed E-state index contributed by atoms with van der Waals surface area (Å²) in [5.74, 6) is 0. The van der Waals surface area contributed by atoms with Gasteiger partial charge in [0.25, 0.3) is 0 Å². The molecule has 0 amide bonds. The molecule has 2 aliphatic heterocycles. The first kappa shape index (κ1) is 59.6. The number of likely N-dealkylation sites (tertiary alicyclic amines) is 2. The summed E-state index contributed by atoms with van der Waals surface area (Å²) in [5.41, 5.74) is 15.1. The molecule has 82 heavy (non-hydrogen) atoms. The molecule has 12 rings (SSSR count). The lowest BCUT2D eigenvalue weighted by Crippen LogP contribution is -2.46. The number of fused-ring (bicyclic) bond motifs is 2. The van der Waals surface area contributed by atoms with Crippen LogP contribution in [0.3, 0.4) is 0 Å². The molecule has 2 aromatic heterocycles. The number of para-hydroxylation sites is 2. The molecule has 0 aliphatic carbocycles. The summed E-state index contributed by atoms with van der Waals surface area (Å²) in [6, 6.07) is 88.8. The Morgan fingerprint density at radius 2 is 0.671 bits per heavy atom. The van der Waals surface area contributed by atoms with Crippen LogP contribution in [-0.2, 0) is 25.9 Å². The number of hydrogen-bond donors (Lipinski definition) is 0. The summed E-state index contributed by atoms with van der Waals surface area (Å²) in [7, 11) is 0. The van der Waals surface area contributed by atoms with Crippen LogP contribution in [0.2, 0.25) is 0 Å². The number of piperidine rings is 2. The van der Waals surface area contributed by atoms with Crippen LogP contribution in [0, 0.1) is 0 Å². The van der Waals surface area contributed by atoms with Crippen molar-refractivity contribution in [1.82, 2.24) is 29.6 Å². The first-order valence-corrected chi connectivity index (χ1v) is 29.5. The quantitative estimate of drug-likeness (QED) is 0.0853. The number of rotatable bonds is 18. The Morgan fingerprint density at radius 3 is 1.01 bits per heavy atom. The normalized spacial score (nSPS) is 15.1. The molecule has 0 spiro atoms. The highest BCUT2D eigenvalue weighted by Crippen LogP contribution is 2.36. The Morgan fingerprint density at radius 1 is 0.378 bits per heavy atom. The van der Waals surface area contributed by atoms with Gasteiger partial charge >= 0.3 is 0 Å². The van der Waals surface area contributed by atoms with Crippen LogP contribution < -0.4 is 0 Å². The lowest BCUT2D eigenvalue weighted by molar-refractivity contribution is 0.0840. The van der Waals surface area contributed by atoms with Crippen molar-refractivity contribution in [2.75, 3.05) is 39.3 Å². The summed E-state index contributed by atoms with van der Waals surface area (Å²) in [4.78, 5) is 20.9. The molecular weight excluding hydrogens is 1040 g/mol. The van der Waals surface area contributed by atoms with E-state index in [9.17, 15) is 0 Å². The number of nitrogens with zero attached hydrogens (tertiary/aromatic N) is 6. The third-order valence-corrected chi connectivity index (χ3v) is 17.2. The molecule has 2 saturated heterocycles. The zero-order valence-electron chi connectivity index (χ0n) is 47.8. The molecule has 8 aromatic carbocycles. The second-order valence-corrected chi connectivity index (χ2v) is 22.2. The molecule has 0 bridgehead atoms. The molecule has 0 radical (unpaired) electrons. The van der Waals surface area contributed by atoms with E-state index in [0.29, 0.717) is 24.2 Å². The monoisotopic (exact) mass is 1120 g/mol. The summed E-state index contributed by atoms with van der Waals surface area (Å²) in [5, 5.41) is 2.54. The predicted octanol–water partition coefficient (Wildman–Crippen LogP) is 17.2. The van der Waals surface area contributed by atoms with E-state index in [1.807, 2.05) is 0 Å². The van der Waals surface area contributed by atoms with Crippen LogP contribution in [0.5, 0.6) is 0 Å². The van der Waals surface area contributed by atoms with E-state index in [1.165, 1.54) is 81.0 Å². The second kappa shape index (κ2) is 29.8. The molecule has 10 aromatic rings. The number of hydrogen-bond acceptors (Lipinski definition) is 6. The van der Waals surface area contributed by atoms with Crippen molar-refractivity contribution in [1.29, 1.82) is 0 Å².